The van der Waals surface area contributed by atoms with Gasteiger partial charge in [0.25, 0.3) is 0 Å². The zero-order valence-corrected chi connectivity index (χ0v) is 18.5. The Bertz CT molecular complexity index is 822. The predicted molar refractivity (Wildman–Crippen MR) is 111 cm³/mol. The summed E-state index contributed by atoms with van der Waals surface area (Å²) >= 11 is 6.13. The number of halogens is 1. The molecule has 0 N–H and O–H groups in total. The third-order valence-corrected chi connectivity index (χ3v) is 7.91. The molecule has 1 spiro atoms. The molecule has 0 saturated carbocycles. The Morgan fingerprint density at radius 2 is 2.00 bits per heavy atom. The molecule has 0 radical (unpaired) electrons. The molecular weight excluding hydrogens is 416 g/mol. The minimum absolute atomic E-state index is 0.0427. The number of hydrogen-bond acceptors (Lipinski definition) is 5. The maximum Gasteiger partial charge on any atom is 0.248 e. The van der Waals surface area contributed by atoms with E-state index in [2.05, 4.69) is 0 Å². The molecule has 2 aliphatic heterocycles. The van der Waals surface area contributed by atoms with Crippen LogP contribution in [0.2, 0.25) is 5.02 Å². The summed E-state index contributed by atoms with van der Waals surface area (Å²) in [6.07, 6.45) is 2.63. The molecule has 9 heteroatoms. The highest BCUT2D eigenvalue weighted by molar-refractivity contribution is 7.88. The lowest BCUT2D eigenvalue weighted by Crippen LogP contribution is -2.52. The maximum absolute atomic E-state index is 12.8. The van der Waals surface area contributed by atoms with Crippen molar-refractivity contribution in [1.82, 2.24) is 9.21 Å². The fourth-order valence-electron chi connectivity index (χ4n) is 3.87. The molecule has 29 heavy (non-hydrogen) atoms. The summed E-state index contributed by atoms with van der Waals surface area (Å²) in [6.45, 7) is 1.45. The van der Waals surface area contributed by atoms with Gasteiger partial charge in [0.1, 0.15) is 6.61 Å². The van der Waals surface area contributed by atoms with Gasteiger partial charge in [-0.25, -0.2) is 12.7 Å². The molecule has 3 rings (SSSR count). The predicted octanol–water partition coefficient (Wildman–Crippen LogP) is 2.29. The second-order valence-electron chi connectivity index (χ2n) is 7.99. The summed E-state index contributed by atoms with van der Waals surface area (Å²) in [6, 6.07) is 7.02. The Morgan fingerprint density at radius 3 is 2.66 bits per heavy atom. The number of carbonyl (C=O) groups excluding carboxylic acids is 1. The van der Waals surface area contributed by atoms with Crippen LogP contribution in [-0.2, 0) is 30.0 Å². The maximum atomic E-state index is 12.8. The number of sulfonamides is 1. The molecule has 2 fully saturated rings. The number of benzene rings is 1. The van der Waals surface area contributed by atoms with Crippen molar-refractivity contribution in [2.75, 3.05) is 40.4 Å². The first-order chi connectivity index (χ1) is 13.7. The van der Waals surface area contributed by atoms with E-state index in [1.165, 1.54) is 9.21 Å². The molecule has 0 bridgehead atoms. The molecule has 2 aliphatic rings. The second-order valence-corrected chi connectivity index (χ2v) is 10.4. The van der Waals surface area contributed by atoms with Crippen LogP contribution in [0.3, 0.4) is 0 Å². The van der Waals surface area contributed by atoms with E-state index in [-0.39, 0.29) is 30.0 Å². The van der Waals surface area contributed by atoms with Crippen LogP contribution >= 0.6 is 11.6 Å². The number of piperidine rings is 1. The monoisotopic (exact) mass is 444 g/mol. The van der Waals surface area contributed by atoms with Crippen LogP contribution in [0.5, 0.6) is 0 Å². The highest BCUT2D eigenvalue weighted by Gasteiger charge is 2.43. The average molecular weight is 445 g/mol. The van der Waals surface area contributed by atoms with Gasteiger partial charge in [-0.2, -0.15) is 0 Å². The number of rotatable bonds is 6. The first kappa shape index (κ1) is 22.5. The van der Waals surface area contributed by atoms with E-state index in [0.717, 1.165) is 6.42 Å². The summed E-state index contributed by atoms with van der Waals surface area (Å²) < 4.78 is 39.1. The Balaban J connectivity index is 1.56. The average Bonchev–Trinajstić information content (AvgIpc) is 2.68. The molecule has 162 valence electrons. The molecular formula is C20H29ClN2O5S. The van der Waals surface area contributed by atoms with Crippen molar-refractivity contribution in [3.8, 4) is 0 Å². The molecule has 0 aliphatic carbocycles. The van der Waals surface area contributed by atoms with E-state index in [4.69, 9.17) is 21.1 Å². The van der Waals surface area contributed by atoms with Crippen LogP contribution in [-0.4, -0.2) is 75.6 Å². The highest BCUT2D eigenvalue weighted by atomic mass is 35.5. The fourth-order valence-corrected chi connectivity index (χ4v) is 5.71. The Kier molecular flexibility index (Phi) is 7.22. The van der Waals surface area contributed by atoms with Crippen LogP contribution in [0.15, 0.2) is 24.3 Å². The van der Waals surface area contributed by atoms with E-state index >= 15 is 0 Å². The summed E-state index contributed by atoms with van der Waals surface area (Å²) in [5, 5.41) is 0.465. The minimum atomic E-state index is -3.45. The zero-order valence-electron chi connectivity index (χ0n) is 17.0. The van der Waals surface area contributed by atoms with Crippen LogP contribution in [0.25, 0.3) is 0 Å². The lowest BCUT2D eigenvalue weighted by molar-refractivity contribution is -0.159. The van der Waals surface area contributed by atoms with Crippen molar-refractivity contribution >= 4 is 27.5 Å². The first-order valence-corrected chi connectivity index (χ1v) is 11.9. The van der Waals surface area contributed by atoms with Crippen LogP contribution in [0, 0.1) is 0 Å². The van der Waals surface area contributed by atoms with Gasteiger partial charge < -0.3 is 14.4 Å². The van der Waals surface area contributed by atoms with E-state index in [1.54, 1.807) is 38.4 Å². The van der Waals surface area contributed by atoms with Gasteiger partial charge in [0.05, 0.1) is 17.5 Å². The third-order valence-electron chi connectivity index (χ3n) is 5.71. The molecule has 0 aromatic heterocycles. The molecule has 1 amide bonds. The molecule has 1 aromatic rings. The number of ether oxygens (including phenoxy) is 2. The summed E-state index contributed by atoms with van der Waals surface area (Å²) in [4.78, 5) is 13.3. The van der Waals surface area contributed by atoms with Gasteiger partial charge in [-0.05, 0) is 30.9 Å². The fraction of sp³-hybridized carbons (Fsp3) is 0.650. The Morgan fingerprint density at radius 1 is 1.31 bits per heavy atom. The molecule has 7 nitrogen and oxygen atoms in total. The number of amides is 1. The molecule has 2 heterocycles. The van der Waals surface area contributed by atoms with Gasteiger partial charge in [0, 0.05) is 45.2 Å². The summed E-state index contributed by atoms with van der Waals surface area (Å²) in [5.74, 6) is -0.162. The highest BCUT2D eigenvalue weighted by Crippen LogP contribution is 2.37. The second kappa shape index (κ2) is 9.31. The van der Waals surface area contributed by atoms with Crippen molar-refractivity contribution in [1.29, 1.82) is 0 Å². The topological polar surface area (TPSA) is 76.2 Å². The molecule has 1 aromatic carbocycles. The number of likely N-dealkylation sites (N-methyl/N-ethyl adjacent to an activating group) is 1. The molecule has 1 unspecified atom stereocenters. The minimum Gasteiger partial charge on any atom is -0.375 e. The Hall–Kier alpha value is -1.19. The van der Waals surface area contributed by atoms with Crippen molar-refractivity contribution in [2.45, 2.75) is 43.1 Å². The van der Waals surface area contributed by atoms with E-state index in [1.807, 2.05) is 0 Å². The zero-order chi connectivity index (χ0) is 21.1. The van der Waals surface area contributed by atoms with Gasteiger partial charge in [-0.1, -0.05) is 29.8 Å². The lowest BCUT2D eigenvalue weighted by Gasteiger charge is -2.45. The van der Waals surface area contributed by atoms with Crippen molar-refractivity contribution in [2.24, 2.45) is 0 Å². The van der Waals surface area contributed by atoms with Crippen molar-refractivity contribution in [3.05, 3.63) is 34.9 Å². The van der Waals surface area contributed by atoms with Crippen LogP contribution < -0.4 is 0 Å². The van der Waals surface area contributed by atoms with Crippen LogP contribution in [0.1, 0.15) is 31.2 Å². The molecule has 1 atom stereocenters. The van der Waals surface area contributed by atoms with Gasteiger partial charge >= 0.3 is 0 Å². The van der Waals surface area contributed by atoms with Crippen LogP contribution in [0.4, 0.5) is 0 Å². The van der Waals surface area contributed by atoms with E-state index in [0.29, 0.717) is 49.5 Å². The van der Waals surface area contributed by atoms with Crippen molar-refractivity contribution < 1.29 is 22.7 Å². The number of hydrogen-bond donors (Lipinski definition) is 0. The van der Waals surface area contributed by atoms with Gasteiger partial charge in [-0.15, -0.1) is 0 Å². The third kappa shape index (κ3) is 5.70. The van der Waals surface area contributed by atoms with E-state index in [9.17, 15) is 13.2 Å². The summed E-state index contributed by atoms with van der Waals surface area (Å²) in [7, 11) is -0.0382. The summed E-state index contributed by atoms with van der Waals surface area (Å²) in [5.41, 5.74) is 0.239. The van der Waals surface area contributed by atoms with Gasteiger partial charge in [0.15, 0.2) is 0 Å². The quantitative estimate of drug-likeness (QED) is 0.672. The molecule has 2 saturated heterocycles. The van der Waals surface area contributed by atoms with Crippen molar-refractivity contribution in [3.63, 3.8) is 0 Å². The van der Waals surface area contributed by atoms with Gasteiger partial charge in [-0.3, -0.25) is 4.79 Å². The number of nitrogens with zero attached hydrogens (tertiary/aromatic N) is 2. The normalized spacial score (nSPS) is 22.5. The SMILES string of the molecule is CN(C)C(=O)COC1CCOC2(CCN(S(=O)(=O)Cc3ccccc3Cl)CC2)C1. The lowest BCUT2D eigenvalue weighted by atomic mass is 9.84. The smallest absolute Gasteiger partial charge is 0.248 e. The standard InChI is InChI=1S/C20H29ClN2O5S/c1-22(2)19(24)14-27-17-7-12-28-20(13-17)8-10-23(11-9-20)29(25,26)15-16-5-3-4-6-18(16)21/h3-6,17H,7-15H2,1-2H3. The number of carbonyl (C=O) groups is 1. The largest absolute Gasteiger partial charge is 0.375 e. The Labute approximate surface area is 178 Å². The van der Waals surface area contributed by atoms with E-state index < -0.39 is 10.0 Å². The first-order valence-electron chi connectivity index (χ1n) is 9.88. The van der Waals surface area contributed by atoms with Gasteiger partial charge in [0.2, 0.25) is 15.9 Å².